The number of rotatable bonds is 4. The first-order valence-electron chi connectivity index (χ1n) is 8.59. The van der Waals surface area contributed by atoms with Crippen molar-refractivity contribution in [2.75, 3.05) is 6.54 Å². The Kier molecular flexibility index (Phi) is 5.71. The molecule has 1 amide bonds. The van der Waals surface area contributed by atoms with E-state index in [0.717, 1.165) is 32.2 Å². The number of hydrogen-bond donors (Lipinski definition) is 1. The van der Waals surface area contributed by atoms with Gasteiger partial charge in [-0.15, -0.1) is 0 Å². The van der Waals surface area contributed by atoms with Crippen molar-refractivity contribution >= 4 is 15.9 Å². The van der Waals surface area contributed by atoms with Crippen LogP contribution in [0.2, 0.25) is 0 Å². The highest BCUT2D eigenvalue weighted by molar-refractivity contribution is 7.89. The number of sulfonamides is 1. The lowest BCUT2D eigenvalue weighted by Gasteiger charge is -2.35. The smallest absolute Gasteiger partial charge is 0.254 e. The Morgan fingerprint density at radius 1 is 1.21 bits per heavy atom. The Balaban J connectivity index is 2.18. The quantitative estimate of drug-likeness (QED) is 0.905. The average Bonchev–Trinajstić information content (AvgIpc) is 2.52. The van der Waals surface area contributed by atoms with Gasteiger partial charge < -0.3 is 4.90 Å². The van der Waals surface area contributed by atoms with Gasteiger partial charge in [0.2, 0.25) is 10.0 Å². The number of amides is 1. The van der Waals surface area contributed by atoms with Crippen LogP contribution in [0.25, 0.3) is 0 Å². The summed E-state index contributed by atoms with van der Waals surface area (Å²) in [6, 6.07) is 6.53. The van der Waals surface area contributed by atoms with Crippen molar-refractivity contribution in [1.82, 2.24) is 9.62 Å². The van der Waals surface area contributed by atoms with Crippen LogP contribution in [-0.2, 0) is 10.0 Å². The first kappa shape index (κ1) is 18.9. The molecular formula is C18H28N2O3S. The van der Waals surface area contributed by atoms with Crippen molar-refractivity contribution < 1.29 is 13.2 Å². The first-order valence-corrected chi connectivity index (χ1v) is 10.1. The van der Waals surface area contributed by atoms with Gasteiger partial charge in [0.15, 0.2) is 0 Å². The second-order valence-corrected chi connectivity index (χ2v) is 9.12. The highest BCUT2D eigenvalue weighted by atomic mass is 32.2. The molecule has 5 nitrogen and oxygen atoms in total. The predicted octanol–water partition coefficient (Wildman–Crippen LogP) is 3.17. The van der Waals surface area contributed by atoms with Crippen molar-refractivity contribution in [2.45, 2.75) is 69.9 Å². The molecule has 0 saturated carbocycles. The van der Waals surface area contributed by atoms with Gasteiger partial charge in [0.05, 0.1) is 4.90 Å². The van der Waals surface area contributed by atoms with Gasteiger partial charge in [0, 0.05) is 23.7 Å². The van der Waals surface area contributed by atoms with E-state index >= 15 is 0 Å². The van der Waals surface area contributed by atoms with Gasteiger partial charge >= 0.3 is 0 Å². The fraction of sp³-hybridized carbons (Fsp3) is 0.611. The van der Waals surface area contributed by atoms with Crippen molar-refractivity contribution in [3.8, 4) is 0 Å². The average molecular weight is 353 g/mol. The summed E-state index contributed by atoms with van der Waals surface area (Å²) in [5.74, 6) is -0.00530. The Labute approximate surface area is 145 Å². The zero-order chi connectivity index (χ0) is 18.0. The largest absolute Gasteiger partial charge is 0.336 e. The third-order valence-electron chi connectivity index (χ3n) is 4.21. The summed E-state index contributed by atoms with van der Waals surface area (Å²) in [5, 5.41) is 0. The molecule has 1 aliphatic rings. The monoisotopic (exact) mass is 352 g/mol. The Morgan fingerprint density at radius 2 is 1.83 bits per heavy atom. The molecule has 0 aromatic heterocycles. The molecule has 1 unspecified atom stereocenters. The lowest BCUT2D eigenvalue weighted by atomic mass is 9.99. The Hall–Kier alpha value is -1.40. The number of hydrogen-bond acceptors (Lipinski definition) is 3. The van der Waals surface area contributed by atoms with E-state index in [-0.39, 0.29) is 16.8 Å². The fourth-order valence-electron chi connectivity index (χ4n) is 3.10. The molecule has 1 aromatic carbocycles. The molecule has 0 spiro atoms. The van der Waals surface area contributed by atoms with Crippen LogP contribution in [0.1, 0.15) is 63.7 Å². The summed E-state index contributed by atoms with van der Waals surface area (Å²) >= 11 is 0. The van der Waals surface area contributed by atoms with E-state index in [1.54, 1.807) is 32.9 Å². The molecule has 1 heterocycles. The van der Waals surface area contributed by atoms with Crippen LogP contribution in [0.5, 0.6) is 0 Å². The zero-order valence-electron chi connectivity index (χ0n) is 15.0. The molecular weight excluding hydrogens is 324 g/mol. The standard InChI is InChI=1S/C18H28N2O3S/c1-5-15-8-6-7-13-20(15)17(21)14-9-11-16(12-10-14)24(22,23)19-18(2,3)4/h9-12,15,19H,5-8,13H2,1-4H3. The van der Waals surface area contributed by atoms with Crippen molar-refractivity contribution in [3.05, 3.63) is 29.8 Å². The molecule has 1 fully saturated rings. The highest BCUT2D eigenvalue weighted by Crippen LogP contribution is 2.22. The maximum atomic E-state index is 12.7. The van der Waals surface area contributed by atoms with E-state index < -0.39 is 15.6 Å². The second-order valence-electron chi connectivity index (χ2n) is 7.44. The molecule has 134 valence electrons. The molecule has 0 bridgehead atoms. The number of nitrogens with one attached hydrogen (secondary N) is 1. The van der Waals surface area contributed by atoms with E-state index in [4.69, 9.17) is 0 Å². The minimum absolute atomic E-state index is 0.00530. The molecule has 1 saturated heterocycles. The van der Waals surface area contributed by atoms with Crippen LogP contribution in [-0.4, -0.2) is 37.4 Å². The summed E-state index contributed by atoms with van der Waals surface area (Å²) in [6.45, 7) is 8.27. The van der Waals surface area contributed by atoms with E-state index in [9.17, 15) is 13.2 Å². The normalized spacial score (nSPS) is 19.3. The Bertz CT molecular complexity index is 675. The lowest BCUT2D eigenvalue weighted by Crippen LogP contribution is -2.43. The van der Waals surface area contributed by atoms with Gasteiger partial charge in [-0.05, 0) is 70.7 Å². The number of carbonyl (C=O) groups is 1. The van der Waals surface area contributed by atoms with Crippen LogP contribution < -0.4 is 4.72 Å². The van der Waals surface area contributed by atoms with Crippen LogP contribution in [0.4, 0.5) is 0 Å². The predicted molar refractivity (Wildman–Crippen MR) is 95.5 cm³/mol. The molecule has 0 radical (unpaired) electrons. The van der Waals surface area contributed by atoms with Crippen LogP contribution in [0.15, 0.2) is 29.2 Å². The fourth-order valence-corrected chi connectivity index (χ4v) is 4.52. The topological polar surface area (TPSA) is 66.5 Å². The van der Waals surface area contributed by atoms with E-state index in [2.05, 4.69) is 11.6 Å². The second kappa shape index (κ2) is 7.23. The van der Waals surface area contributed by atoms with Gasteiger partial charge in [-0.25, -0.2) is 13.1 Å². The number of nitrogens with zero attached hydrogens (tertiary/aromatic N) is 1. The maximum Gasteiger partial charge on any atom is 0.254 e. The molecule has 1 N–H and O–H groups in total. The van der Waals surface area contributed by atoms with Crippen molar-refractivity contribution in [1.29, 1.82) is 0 Å². The van der Waals surface area contributed by atoms with Gasteiger partial charge in [0.1, 0.15) is 0 Å². The van der Waals surface area contributed by atoms with Crippen molar-refractivity contribution in [3.63, 3.8) is 0 Å². The third-order valence-corrected chi connectivity index (χ3v) is 5.99. The molecule has 2 rings (SSSR count). The third kappa shape index (κ3) is 4.57. The molecule has 1 aliphatic heterocycles. The number of piperidine rings is 1. The summed E-state index contributed by atoms with van der Waals surface area (Å²) in [4.78, 5) is 14.8. The first-order chi connectivity index (χ1) is 11.1. The maximum absolute atomic E-state index is 12.7. The number of benzene rings is 1. The molecule has 1 aromatic rings. The van der Waals surface area contributed by atoms with Crippen LogP contribution in [0, 0.1) is 0 Å². The zero-order valence-corrected chi connectivity index (χ0v) is 15.8. The van der Waals surface area contributed by atoms with Gasteiger partial charge in [-0.1, -0.05) is 6.92 Å². The summed E-state index contributed by atoms with van der Waals surface area (Å²) in [5.41, 5.74) is 0.000192. The molecule has 0 aliphatic carbocycles. The minimum Gasteiger partial charge on any atom is -0.336 e. The highest BCUT2D eigenvalue weighted by Gasteiger charge is 2.27. The molecule has 1 atom stereocenters. The van der Waals surface area contributed by atoms with E-state index in [1.165, 1.54) is 12.1 Å². The molecule has 6 heteroatoms. The summed E-state index contributed by atoms with van der Waals surface area (Å²) < 4.78 is 27.3. The van der Waals surface area contributed by atoms with Crippen LogP contribution >= 0.6 is 0 Å². The molecule has 24 heavy (non-hydrogen) atoms. The van der Waals surface area contributed by atoms with Gasteiger partial charge in [0.25, 0.3) is 5.91 Å². The number of likely N-dealkylation sites (tertiary alicyclic amines) is 1. The summed E-state index contributed by atoms with van der Waals surface area (Å²) in [7, 11) is -3.58. The number of carbonyl (C=O) groups excluding carboxylic acids is 1. The van der Waals surface area contributed by atoms with Crippen LogP contribution in [0.3, 0.4) is 0 Å². The summed E-state index contributed by atoms with van der Waals surface area (Å²) in [6.07, 6.45) is 4.19. The van der Waals surface area contributed by atoms with Gasteiger partial charge in [-0.2, -0.15) is 0 Å². The Morgan fingerprint density at radius 3 is 2.38 bits per heavy atom. The van der Waals surface area contributed by atoms with E-state index in [1.807, 2.05) is 4.90 Å². The van der Waals surface area contributed by atoms with Crippen molar-refractivity contribution in [2.24, 2.45) is 0 Å². The lowest BCUT2D eigenvalue weighted by molar-refractivity contribution is 0.0608. The SMILES string of the molecule is CCC1CCCCN1C(=O)c1ccc(S(=O)(=O)NC(C)(C)C)cc1. The van der Waals surface area contributed by atoms with Gasteiger partial charge in [-0.3, -0.25) is 4.79 Å². The minimum atomic E-state index is -3.58. The van der Waals surface area contributed by atoms with E-state index in [0.29, 0.717) is 5.56 Å².